The summed E-state index contributed by atoms with van der Waals surface area (Å²) in [7, 11) is 0. The van der Waals surface area contributed by atoms with Crippen LogP contribution in [0, 0.1) is 0 Å². The molecule has 0 aliphatic rings. The molecule has 0 aliphatic carbocycles. The maximum atomic E-state index is 10.4. The molecule has 0 amide bonds. The maximum Gasteiger partial charge on any atom is 0.185 e. The quantitative estimate of drug-likeness (QED) is 0.477. The normalized spacial score (nSPS) is 10.5. The van der Waals surface area contributed by atoms with Crippen LogP contribution >= 0.6 is 0 Å². The SMILES string of the molecule is CCCCCCCCc1ccc(C=O)o1. The third-order valence-electron chi connectivity index (χ3n) is 2.58. The average molecular weight is 208 g/mol. The molecule has 15 heavy (non-hydrogen) atoms. The third kappa shape index (κ3) is 4.82. The van der Waals surface area contributed by atoms with E-state index < -0.39 is 0 Å². The Hall–Kier alpha value is -1.05. The van der Waals surface area contributed by atoms with Gasteiger partial charge < -0.3 is 4.42 Å². The summed E-state index contributed by atoms with van der Waals surface area (Å²) in [6, 6.07) is 3.63. The highest BCUT2D eigenvalue weighted by Crippen LogP contribution is 2.11. The lowest BCUT2D eigenvalue weighted by atomic mass is 10.1. The van der Waals surface area contributed by atoms with Gasteiger partial charge in [0.05, 0.1) is 0 Å². The van der Waals surface area contributed by atoms with E-state index in [2.05, 4.69) is 6.92 Å². The van der Waals surface area contributed by atoms with Crippen molar-refractivity contribution in [2.75, 3.05) is 0 Å². The standard InChI is InChI=1S/C13H20O2/c1-2-3-4-5-6-7-8-12-9-10-13(11-14)15-12/h9-11H,2-8H2,1H3. The molecule has 0 radical (unpaired) electrons. The Balaban J connectivity index is 2.07. The zero-order valence-electron chi connectivity index (χ0n) is 9.50. The molecule has 1 heterocycles. The predicted octanol–water partition coefficient (Wildman–Crippen LogP) is 4.00. The Bertz CT molecular complexity index is 276. The van der Waals surface area contributed by atoms with Crippen LogP contribution in [0.4, 0.5) is 0 Å². The highest BCUT2D eigenvalue weighted by atomic mass is 16.3. The second-order valence-corrected chi connectivity index (χ2v) is 3.94. The van der Waals surface area contributed by atoms with Gasteiger partial charge in [-0.2, -0.15) is 0 Å². The van der Waals surface area contributed by atoms with Crippen LogP contribution in [0.3, 0.4) is 0 Å². The Morgan fingerprint density at radius 2 is 1.87 bits per heavy atom. The Kier molecular flexibility index (Phi) is 5.83. The topological polar surface area (TPSA) is 30.2 Å². The Morgan fingerprint density at radius 3 is 2.53 bits per heavy atom. The van der Waals surface area contributed by atoms with Gasteiger partial charge in [0, 0.05) is 6.42 Å². The van der Waals surface area contributed by atoms with Gasteiger partial charge >= 0.3 is 0 Å². The minimum absolute atomic E-state index is 0.441. The zero-order chi connectivity index (χ0) is 10.9. The molecule has 0 aliphatic heterocycles. The minimum Gasteiger partial charge on any atom is -0.458 e. The van der Waals surface area contributed by atoms with Gasteiger partial charge in [-0.15, -0.1) is 0 Å². The van der Waals surface area contributed by atoms with Gasteiger partial charge in [-0.3, -0.25) is 4.79 Å². The number of hydrogen-bond acceptors (Lipinski definition) is 2. The lowest BCUT2D eigenvalue weighted by Crippen LogP contribution is -1.83. The Morgan fingerprint density at radius 1 is 1.13 bits per heavy atom. The van der Waals surface area contributed by atoms with Crippen molar-refractivity contribution in [1.29, 1.82) is 0 Å². The average Bonchev–Trinajstić information content (AvgIpc) is 2.71. The van der Waals surface area contributed by atoms with Crippen LogP contribution in [-0.4, -0.2) is 6.29 Å². The second kappa shape index (κ2) is 7.27. The van der Waals surface area contributed by atoms with E-state index in [1.165, 1.54) is 32.1 Å². The lowest BCUT2D eigenvalue weighted by Gasteiger charge is -1.98. The first-order valence-electron chi connectivity index (χ1n) is 5.90. The number of carbonyl (C=O) groups is 1. The largest absolute Gasteiger partial charge is 0.458 e. The van der Waals surface area contributed by atoms with Crippen molar-refractivity contribution in [3.8, 4) is 0 Å². The van der Waals surface area contributed by atoms with E-state index in [9.17, 15) is 4.79 Å². The molecule has 0 saturated carbocycles. The highest BCUT2D eigenvalue weighted by molar-refractivity contribution is 5.70. The molecule has 0 unspecified atom stereocenters. The first-order chi connectivity index (χ1) is 7.36. The van der Waals surface area contributed by atoms with Gasteiger partial charge in [0.2, 0.25) is 0 Å². The van der Waals surface area contributed by atoms with Gasteiger partial charge in [0.25, 0.3) is 0 Å². The first kappa shape index (κ1) is 12.0. The molecule has 84 valence electrons. The van der Waals surface area contributed by atoms with Crippen LogP contribution in [0.1, 0.15) is 61.8 Å². The van der Waals surface area contributed by atoms with Gasteiger partial charge in [0.1, 0.15) is 5.76 Å². The molecular formula is C13H20O2. The molecule has 0 aromatic carbocycles. The fourth-order valence-electron chi connectivity index (χ4n) is 1.67. The summed E-state index contributed by atoms with van der Waals surface area (Å²) < 4.78 is 5.29. The molecule has 0 spiro atoms. The monoisotopic (exact) mass is 208 g/mol. The van der Waals surface area contributed by atoms with Crippen LogP contribution in [0.25, 0.3) is 0 Å². The van der Waals surface area contributed by atoms with Crippen LogP contribution in [0.2, 0.25) is 0 Å². The summed E-state index contributed by atoms with van der Waals surface area (Å²) in [5.41, 5.74) is 0. The molecule has 1 aromatic heterocycles. The maximum absolute atomic E-state index is 10.4. The van der Waals surface area contributed by atoms with E-state index in [4.69, 9.17) is 4.42 Å². The zero-order valence-corrected chi connectivity index (χ0v) is 9.50. The fraction of sp³-hybridized carbons (Fsp3) is 0.615. The smallest absolute Gasteiger partial charge is 0.185 e. The molecule has 0 saturated heterocycles. The van der Waals surface area contributed by atoms with Crippen molar-refractivity contribution in [2.45, 2.75) is 51.9 Å². The molecule has 0 atom stereocenters. The summed E-state index contributed by atoms with van der Waals surface area (Å²) in [6.07, 6.45) is 9.43. The lowest BCUT2D eigenvalue weighted by molar-refractivity contribution is 0.109. The van der Waals surface area contributed by atoms with Crippen LogP contribution in [0.5, 0.6) is 0 Å². The van der Waals surface area contributed by atoms with Crippen molar-refractivity contribution in [3.05, 3.63) is 23.7 Å². The molecular weight excluding hydrogens is 188 g/mol. The van der Waals surface area contributed by atoms with Crippen LogP contribution < -0.4 is 0 Å². The van der Waals surface area contributed by atoms with E-state index in [0.717, 1.165) is 24.9 Å². The van der Waals surface area contributed by atoms with Crippen molar-refractivity contribution in [3.63, 3.8) is 0 Å². The van der Waals surface area contributed by atoms with Gasteiger partial charge in [-0.25, -0.2) is 0 Å². The summed E-state index contributed by atoms with van der Waals surface area (Å²) >= 11 is 0. The van der Waals surface area contributed by atoms with Gasteiger partial charge in [-0.05, 0) is 18.6 Å². The van der Waals surface area contributed by atoms with E-state index in [-0.39, 0.29) is 0 Å². The third-order valence-corrected chi connectivity index (χ3v) is 2.58. The number of furan rings is 1. The number of carbonyl (C=O) groups excluding carboxylic acids is 1. The predicted molar refractivity (Wildman–Crippen MR) is 61.2 cm³/mol. The Labute approximate surface area is 91.7 Å². The van der Waals surface area contributed by atoms with Crippen LogP contribution in [-0.2, 0) is 6.42 Å². The molecule has 2 heteroatoms. The number of unbranched alkanes of at least 4 members (excludes halogenated alkanes) is 5. The summed E-state index contributed by atoms with van der Waals surface area (Å²) in [4.78, 5) is 10.4. The number of hydrogen-bond donors (Lipinski definition) is 0. The molecule has 0 N–H and O–H groups in total. The van der Waals surface area contributed by atoms with Crippen LogP contribution in [0.15, 0.2) is 16.5 Å². The van der Waals surface area contributed by atoms with Gasteiger partial charge in [-0.1, -0.05) is 39.0 Å². The first-order valence-corrected chi connectivity index (χ1v) is 5.90. The van der Waals surface area contributed by atoms with E-state index >= 15 is 0 Å². The number of rotatable bonds is 8. The summed E-state index contributed by atoms with van der Waals surface area (Å²) in [5, 5.41) is 0. The number of aldehydes is 1. The fourth-order valence-corrected chi connectivity index (χ4v) is 1.67. The highest BCUT2D eigenvalue weighted by Gasteiger charge is 2.00. The van der Waals surface area contributed by atoms with E-state index in [1.807, 2.05) is 6.07 Å². The minimum atomic E-state index is 0.441. The van der Waals surface area contributed by atoms with Crippen molar-refractivity contribution >= 4 is 6.29 Å². The van der Waals surface area contributed by atoms with E-state index in [1.54, 1.807) is 6.07 Å². The van der Waals surface area contributed by atoms with Crippen molar-refractivity contribution in [2.24, 2.45) is 0 Å². The molecule has 0 bridgehead atoms. The molecule has 2 nitrogen and oxygen atoms in total. The number of aryl methyl sites for hydroxylation is 1. The molecule has 1 aromatic rings. The second-order valence-electron chi connectivity index (χ2n) is 3.94. The molecule has 0 fully saturated rings. The summed E-state index contributed by atoms with van der Waals surface area (Å²) in [6.45, 7) is 2.23. The summed E-state index contributed by atoms with van der Waals surface area (Å²) in [5.74, 6) is 1.38. The van der Waals surface area contributed by atoms with E-state index in [0.29, 0.717) is 5.76 Å². The van der Waals surface area contributed by atoms with Gasteiger partial charge in [0.15, 0.2) is 12.0 Å². The van der Waals surface area contributed by atoms with Crippen molar-refractivity contribution in [1.82, 2.24) is 0 Å². The molecule has 1 rings (SSSR count). The van der Waals surface area contributed by atoms with Crippen molar-refractivity contribution < 1.29 is 9.21 Å².